The van der Waals surface area contributed by atoms with Crippen molar-refractivity contribution >= 4 is 35.3 Å². The highest BCUT2D eigenvalue weighted by molar-refractivity contribution is 8.02. The van der Waals surface area contributed by atoms with Crippen LogP contribution in [0.5, 0.6) is 0 Å². The van der Waals surface area contributed by atoms with Gasteiger partial charge in [0.25, 0.3) is 0 Å². The smallest absolute Gasteiger partial charge is 0.105 e. The van der Waals surface area contributed by atoms with E-state index in [9.17, 15) is 0 Å². The number of likely N-dealkylation sites (tertiary alicyclic amines) is 1. The molecule has 1 fully saturated rings. The van der Waals surface area contributed by atoms with Crippen LogP contribution in [0.1, 0.15) is 18.4 Å². The maximum atomic E-state index is 5.88. The summed E-state index contributed by atoms with van der Waals surface area (Å²) in [7, 11) is 2.10. The standard InChI is InChI=1S/C14H17ClN2S/c1-17-9-3-4-13(17)16-14(18-2)10-11-5-7-12(15)8-6-11/h5-8,10H,3-4,9H2,1-2H3/b14-10-,16-13+. The normalized spacial score (nSPS) is 18.7. The van der Waals surface area contributed by atoms with E-state index in [-0.39, 0.29) is 0 Å². The van der Waals surface area contributed by atoms with Gasteiger partial charge in [-0.1, -0.05) is 23.7 Å². The number of hydrogen-bond donors (Lipinski definition) is 0. The number of amidine groups is 1. The number of hydrogen-bond acceptors (Lipinski definition) is 2. The Balaban J connectivity index is 2.20. The third-order valence-electron chi connectivity index (χ3n) is 2.94. The molecule has 0 aliphatic carbocycles. The second-order valence-electron chi connectivity index (χ2n) is 4.29. The van der Waals surface area contributed by atoms with Gasteiger partial charge < -0.3 is 4.90 Å². The number of thioether (sulfide) groups is 1. The lowest BCUT2D eigenvalue weighted by Crippen LogP contribution is -2.18. The fourth-order valence-electron chi connectivity index (χ4n) is 1.90. The SMILES string of the molecule is CSC(=C\c1ccc(Cl)cc1)/N=C1\CCCN1C. The number of halogens is 1. The van der Waals surface area contributed by atoms with Crippen LogP contribution < -0.4 is 0 Å². The topological polar surface area (TPSA) is 15.6 Å². The fraction of sp³-hybridized carbons (Fsp3) is 0.357. The lowest BCUT2D eigenvalue weighted by molar-refractivity contribution is 0.549. The van der Waals surface area contributed by atoms with Gasteiger partial charge in [-0.15, -0.1) is 11.8 Å². The zero-order valence-electron chi connectivity index (χ0n) is 10.7. The summed E-state index contributed by atoms with van der Waals surface area (Å²) in [6, 6.07) is 7.83. The Bertz CT molecular complexity index is 465. The molecular formula is C14H17ClN2S. The molecule has 1 aromatic rings. The van der Waals surface area contributed by atoms with Crippen LogP contribution in [0.2, 0.25) is 5.02 Å². The van der Waals surface area contributed by atoms with E-state index < -0.39 is 0 Å². The summed E-state index contributed by atoms with van der Waals surface area (Å²) in [6.45, 7) is 1.11. The van der Waals surface area contributed by atoms with Crippen molar-refractivity contribution in [3.63, 3.8) is 0 Å². The van der Waals surface area contributed by atoms with Gasteiger partial charge in [0.1, 0.15) is 5.84 Å². The number of aliphatic imine (C=N–C) groups is 1. The van der Waals surface area contributed by atoms with Crippen molar-refractivity contribution in [2.24, 2.45) is 4.99 Å². The van der Waals surface area contributed by atoms with E-state index in [0.29, 0.717) is 0 Å². The van der Waals surface area contributed by atoms with Crippen LogP contribution in [-0.4, -0.2) is 30.6 Å². The van der Waals surface area contributed by atoms with Crippen LogP contribution in [0.3, 0.4) is 0 Å². The van der Waals surface area contributed by atoms with Crippen LogP contribution in [0.4, 0.5) is 0 Å². The Kier molecular flexibility index (Phi) is 4.72. The Morgan fingerprint density at radius 3 is 2.67 bits per heavy atom. The highest BCUT2D eigenvalue weighted by atomic mass is 35.5. The molecule has 0 bridgehead atoms. The molecule has 4 heteroatoms. The first-order chi connectivity index (χ1) is 8.69. The highest BCUT2D eigenvalue weighted by Crippen LogP contribution is 2.21. The van der Waals surface area contributed by atoms with Crippen molar-refractivity contribution in [2.75, 3.05) is 19.8 Å². The van der Waals surface area contributed by atoms with Crippen LogP contribution in [0.15, 0.2) is 34.3 Å². The van der Waals surface area contributed by atoms with E-state index in [4.69, 9.17) is 16.6 Å². The molecule has 2 nitrogen and oxygen atoms in total. The second kappa shape index (κ2) is 6.30. The minimum atomic E-state index is 0.764. The van der Waals surface area contributed by atoms with Crippen LogP contribution >= 0.6 is 23.4 Å². The highest BCUT2D eigenvalue weighted by Gasteiger charge is 2.14. The summed E-state index contributed by atoms with van der Waals surface area (Å²) in [4.78, 5) is 6.95. The first-order valence-corrected chi connectivity index (χ1v) is 7.59. The van der Waals surface area contributed by atoms with Gasteiger partial charge in [0.05, 0.1) is 5.03 Å². The summed E-state index contributed by atoms with van der Waals surface area (Å²) in [5.74, 6) is 1.18. The molecule has 0 atom stereocenters. The maximum absolute atomic E-state index is 5.88. The van der Waals surface area contributed by atoms with Crippen molar-refractivity contribution < 1.29 is 0 Å². The third kappa shape index (κ3) is 3.53. The van der Waals surface area contributed by atoms with Crippen molar-refractivity contribution in [3.05, 3.63) is 39.9 Å². The van der Waals surface area contributed by atoms with Crippen molar-refractivity contribution in [2.45, 2.75) is 12.8 Å². The third-order valence-corrected chi connectivity index (χ3v) is 3.82. The molecule has 1 aliphatic heterocycles. The predicted octanol–water partition coefficient (Wildman–Crippen LogP) is 4.13. The van der Waals surface area contributed by atoms with Gasteiger partial charge in [0, 0.05) is 25.0 Å². The van der Waals surface area contributed by atoms with Crippen molar-refractivity contribution in [1.29, 1.82) is 0 Å². The molecule has 0 radical (unpaired) electrons. The number of rotatable bonds is 3. The minimum Gasteiger partial charge on any atom is -0.363 e. The van der Waals surface area contributed by atoms with E-state index in [1.807, 2.05) is 24.3 Å². The molecule has 0 spiro atoms. The van der Waals surface area contributed by atoms with E-state index in [0.717, 1.165) is 28.6 Å². The molecule has 0 N–H and O–H groups in total. The minimum absolute atomic E-state index is 0.764. The van der Waals surface area contributed by atoms with Gasteiger partial charge >= 0.3 is 0 Å². The maximum Gasteiger partial charge on any atom is 0.105 e. The monoisotopic (exact) mass is 280 g/mol. The second-order valence-corrected chi connectivity index (χ2v) is 5.55. The Morgan fingerprint density at radius 1 is 1.39 bits per heavy atom. The van der Waals surface area contributed by atoms with E-state index in [2.05, 4.69) is 24.3 Å². The predicted molar refractivity (Wildman–Crippen MR) is 82.2 cm³/mol. The summed E-state index contributed by atoms with van der Waals surface area (Å²) >= 11 is 7.55. The van der Waals surface area contributed by atoms with E-state index in [1.165, 1.54) is 12.3 Å². The van der Waals surface area contributed by atoms with Crippen molar-refractivity contribution in [1.82, 2.24) is 4.90 Å². The zero-order chi connectivity index (χ0) is 13.0. The molecule has 1 aliphatic rings. The molecule has 1 saturated heterocycles. The van der Waals surface area contributed by atoms with Crippen LogP contribution in [0, 0.1) is 0 Å². The molecule has 1 aromatic carbocycles. The molecule has 2 rings (SSSR count). The number of nitrogens with zero attached hydrogens (tertiary/aromatic N) is 2. The summed E-state index contributed by atoms with van der Waals surface area (Å²) in [5.41, 5.74) is 1.13. The Hall–Kier alpha value is -0.930. The summed E-state index contributed by atoms with van der Waals surface area (Å²) < 4.78 is 0. The van der Waals surface area contributed by atoms with Gasteiger partial charge in [0.2, 0.25) is 0 Å². The largest absolute Gasteiger partial charge is 0.363 e. The lowest BCUT2D eigenvalue weighted by Gasteiger charge is -2.11. The Labute approximate surface area is 118 Å². The molecule has 0 saturated carbocycles. The van der Waals surface area contributed by atoms with Crippen LogP contribution in [0.25, 0.3) is 6.08 Å². The average molecular weight is 281 g/mol. The van der Waals surface area contributed by atoms with Gasteiger partial charge in [-0.05, 0) is 36.4 Å². The first kappa shape index (κ1) is 13.5. The Morgan fingerprint density at radius 2 is 2.11 bits per heavy atom. The molecule has 0 amide bonds. The summed E-state index contributed by atoms with van der Waals surface area (Å²) in [6.07, 6.45) is 6.44. The van der Waals surface area contributed by atoms with Gasteiger partial charge in [0.15, 0.2) is 0 Å². The van der Waals surface area contributed by atoms with Crippen LogP contribution in [-0.2, 0) is 0 Å². The molecule has 18 heavy (non-hydrogen) atoms. The zero-order valence-corrected chi connectivity index (χ0v) is 12.3. The van der Waals surface area contributed by atoms with Gasteiger partial charge in [-0.3, -0.25) is 0 Å². The summed E-state index contributed by atoms with van der Waals surface area (Å²) in [5, 5.41) is 1.81. The van der Waals surface area contributed by atoms with Gasteiger partial charge in [-0.25, -0.2) is 4.99 Å². The fourth-order valence-corrected chi connectivity index (χ4v) is 2.48. The van der Waals surface area contributed by atoms with Gasteiger partial charge in [-0.2, -0.15) is 0 Å². The molecule has 96 valence electrons. The van der Waals surface area contributed by atoms with E-state index >= 15 is 0 Å². The first-order valence-electron chi connectivity index (χ1n) is 5.99. The lowest BCUT2D eigenvalue weighted by atomic mass is 10.2. The average Bonchev–Trinajstić information content (AvgIpc) is 2.77. The quantitative estimate of drug-likeness (QED) is 0.827. The molecule has 0 aromatic heterocycles. The van der Waals surface area contributed by atoms with E-state index in [1.54, 1.807) is 11.8 Å². The van der Waals surface area contributed by atoms with Crippen molar-refractivity contribution in [3.8, 4) is 0 Å². The molecular weight excluding hydrogens is 264 g/mol. The molecule has 0 unspecified atom stereocenters. The molecule has 1 heterocycles. The number of benzene rings is 1.